The number of fused-ring (bicyclic) bond motifs is 1. The lowest BCUT2D eigenvalue weighted by Crippen LogP contribution is -2.33. The van der Waals surface area contributed by atoms with Crippen molar-refractivity contribution < 1.29 is 5.11 Å². The highest BCUT2D eigenvalue weighted by Crippen LogP contribution is 2.28. The number of rotatable bonds is 2. The highest BCUT2D eigenvalue weighted by Gasteiger charge is 2.27. The molecule has 0 spiro atoms. The number of anilines is 1. The molecule has 0 bridgehead atoms. The van der Waals surface area contributed by atoms with Crippen LogP contribution in [0.3, 0.4) is 0 Å². The zero-order chi connectivity index (χ0) is 11.8. The molecular weight excluding hydrogens is 240 g/mol. The quantitative estimate of drug-likeness (QED) is 0.877. The van der Waals surface area contributed by atoms with Gasteiger partial charge in [-0.15, -0.1) is 5.10 Å². The number of halogens is 1. The highest BCUT2D eigenvalue weighted by molar-refractivity contribution is 6.28. The maximum atomic E-state index is 9.36. The van der Waals surface area contributed by atoms with E-state index in [2.05, 4.69) is 15.0 Å². The fourth-order valence-corrected chi connectivity index (χ4v) is 2.57. The van der Waals surface area contributed by atoms with E-state index in [9.17, 15) is 5.11 Å². The van der Waals surface area contributed by atoms with Crippen LogP contribution in [-0.4, -0.2) is 38.9 Å². The summed E-state index contributed by atoms with van der Waals surface area (Å²) in [5.74, 6) is 0.812. The van der Waals surface area contributed by atoms with Gasteiger partial charge in [0.15, 0.2) is 5.82 Å². The molecule has 1 aliphatic rings. The highest BCUT2D eigenvalue weighted by atomic mass is 35.5. The summed E-state index contributed by atoms with van der Waals surface area (Å²) >= 11 is 5.92. The first-order valence-corrected chi connectivity index (χ1v) is 6.06. The van der Waals surface area contributed by atoms with Crippen LogP contribution in [0.4, 0.5) is 5.82 Å². The summed E-state index contributed by atoms with van der Waals surface area (Å²) < 4.78 is 1.72. The molecule has 1 N–H and O–H groups in total. The van der Waals surface area contributed by atoms with E-state index in [0.717, 1.165) is 30.7 Å². The molecule has 3 rings (SSSR count). The SMILES string of the molecule is OC[C@H]1CCCN1c1nc(Cl)nn2cccc12. The second-order valence-corrected chi connectivity index (χ2v) is 4.55. The lowest BCUT2D eigenvalue weighted by molar-refractivity contribution is 0.266. The van der Waals surface area contributed by atoms with Crippen LogP contribution in [0.25, 0.3) is 5.52 Å². The molecule has 1 atom stereocenters. The van der Waals surface area contributed by atoms with Crippen molar-refractivity contribution in [1.29, 1.82) is 0 Å². The molecule has 2 aromatic heterocycles. The van der Waals surface area contributed by atoms with Crippen LogP contribution in [-0.2, 0) is 0 Å². The van der Waals surface area contributed by atoms with Crippen LogP contribution in [0.2, 0.25) is 5.28 Å². The Labute approximate surface area is 104 Å². The van der Waals surface area contributed by atoms with Crippen molar-refractivity contribution in [2.45, 2.75) is 18.9 Å². The predicted octanol–water partition coefficient (Wildman–Crippen LogP) is 1.34. The van der Waals surface area contributed by atoms with Gasteiger partial charge in [-0.1, -0.05) is 0 Å². The molecule has 0 amide bonds. The fraction of sp³-hybridized carbons (Fsp3) is 0.455. The molecule has 90 valence electrons. The summed E-state index contributed by atoms with van der Waals surface area (Å²) in [4.78, 5) is 6.42. The third kappa shape index (κ3) is 1.75. The maximum Gasteiger partial charge on any atom is 0.243 e. The van der Waals surface area contributed by atoms with E-state index in [1.165, 1.54) is 0 Å². The zero-order valence-corrected chi connectivity index (χ0v) is 10.0. The Morgan fingerprint density at radius 1 is 1.53 bits per heavy atom. The molecule has 1 aliphatic heterocycles. The van der Waals surface area contributed by atoms with Crippen molar-refractivity contribution in [2.24, 2.45) is 0 Å². The molecule has 6 heteroatoms. The number of hydrogen-bond donors (Lipinski definition) is 1. The van der Waals surface area contributed by atoms with E-state index >= 15 is 0 Å². The van der Waals surface area contributed by atoms with Crippen molar-refractivity contribution in [1.82, 2.24) is 14.6 Å². The van der Waals surface area contributed by atoms with Gasteiger partial charge in [0.2, 0.25) is 5.28 Å². The number of aliphatic hydroxyl groups excluding tert-OH is 1. The van der Waals surface area contributed by atoms with Gasteiger partial charge in [0.05, 0.1) is 12.6 Å². The van der Waals surface area contributed by atoms with E-state index in [1.807, 2.05) is 18.3 Å². The largest absolute Gasteiger partial charge is 0.394 e. The fourth-order valence-electron chi connectivity index (χ4n) is 2.41. The van der Waals surface area contributed by atoms with Gasteiger partial charge < -0.3 is 10.0 Å². The van der Waals surface area contributed by atoms with Gasteiger partial charge in [0.25, 0.3) is 0 Å². The molecule has 0 aliphatic carbocycles. The van der Waals surface area contributed by atoms with Crippen LogP contribution in [0, 0.1) is 0 Å². The summed E-state index contributed by atoms with van der Waals surface area (Å²) in [5.41, 5.74) is 0.926. The molecule has 3 heterocycles. The van der Waals surface area contributed by atoms with E-state index in [4.69, 9.17) is 11.6 Å². The number of aliphatic hydroxyl groups is 1. The van der Waals surface area contributed by atoms with Gasteiger partial charge in [0.1, 0.15) is 5.52 Å². The van der Waals surface area contributed by atoms with Gasteiger partial charge in [-0.3, -0.25) is 0 Å². The maximum absolute atomic E-state index is 9.36. The van der Waals surface area contributed by atoms with Crippen molar-refractivity contribution in [3.05, 3.63) is 23.6 Å². The zero-order valence-electron chi connectivity index (χ0n) is 9.25. The van der Waals surface area contributed by atoms with Crippen LogP contribution in [0.1, 0.15) is 12.8 Å². The minimum Gasteiger partial charge on any atom is -0.394 e. The van der Waals surface area contributed by atoms with Gasteiger partial charge in [-0.05, 0) is 36.6 Å². The standard InChI is InChI=1S/C11H13ClN4O/c12-11-13-10(9-4-2-6-16(9)14-11)15-5-1-3-8(15)7-17/h2,4,6,8,17H,1,3,5,7H2/t8-/m1/s1. The molecule has 5 nitrogen and oxygen atoms in total. The number of hydrogen-bond acceptors (Lipinski definition) is 4. The van der Waals surface area contributed by atoms with E-state index in [1.54, 1.807) is 4.52 Å². The smallest absolute Gasteiger partial charge is 0.243 e. The monoisotopic (exact) mass is 252 g/mol. The average molecular weight is 253 g/mol. The summed E-state index contributed by atoms with van der Waals surface area (Å²) in [6.07, 6.45) is 3.90. The topological polar surface area (TPSA) is 53.7 Å². The molecule has 0 saturated carbocycles. The van der Waals surface area contributed by atoms with Crippen LogP contribution < -0.4 is 4.90 Å². The van der Waals surface area contributed by atoms with Crippen molar-refractivity contribution >= 4 is 22.9 Å². The van der Waals surface area contributed by atoms with Crippen molar-refractivity contribution in [2.75, 3.05) is 18.1 Å². The Morgan fingerprint density at radius 3 is 3.24 bits per heavy atom. The molecular formula is C11H13ClN4O. The van der Waals surface area contributed by atoms with Crippen LogP contribution in [0.5, 0.6) is 0 Å². The first-order valence-electron chi connectivity index (χ1n) is 5.68. The minimum absolute atomic E-state index is 0.139. The van der Waals surface area contributed by atoms with Gasteiger partial charge >= 0.3 is 0 Å². The lowest BCUT2D eigenvalue weighted by atomic mass is 10.2. The predicted molar refractivity (Wildman–Crippen MR) is 65.5 cm³/mol. The van der Waals surface area contributed by atoms with Gasteiger partial charge in [0, 0.05) is 12.7 Å². The van der Waals surface area contributed by atoms with E-state index in [0.29, 0.717) is 0 Å². The Morgan fingerprint density at radius 2 is 2.41 bits per heavy atom. The average Bonchev–Trinajstić information content (AvgIpc) is 2.95. The second kappa shape index (κ2) is 4.16. The molecule has 1 saturated heterocycles. The normalized spacial score (nSPS) is 20.4. The van der Waals surface area contributed by atoms with Crippen LogP contribution >= 0.6 is 11.6 Å². The van der Waals surface area contributed by atoms with Crippen LogP contribution in [0.15, 0.2) is 18.3 Å². The summed E-state index contributed by atoms with van der Waals surface area (Å²) in [6, 6.07) is 4.01. The lowest BCUT2D eigenvalue weighted by Gasteiger charge is -2.24. The Bertz CT molecular complexity index is 541. The Hall–Kier alpha value is -1.33. The second-order valence-electron chi connectivity index (χ2n) is 4.21. The summed E-state index contributed by atoms with van der Waals surface area (Å²) in [6.45, 7) is 1.05. The Kier molecular flexibility index (Phi) is 2.64. The summed E-state index contributed by atoms with van der Waals surface area (Å²) in [5, 5.41) is 13.7. The van der Waals surface area contributed by atoms with E-state index < -0.39 is 0 Å². The van der Waals surface area contributed by atoms with Crippen molar-refractivity contribution in [3.63, 3.8) is 0 Å². The molecule has 0 unspecified atom stereocenters. The first-order chi connectivity index (χ1) is 8.29. The van der Waals surface area contributed by atoms with Gasteiger partial charge in [-0.25, -0.2) is 4.52 Å². The molecule has 0 aromatic carbocycles. The van der Waals surface area contributed by atoms with Gasteiger partial charge in [-0.2, -0.15) is 4.98 Å². The summed E-state index contributed by atoms with van der Waals surface area (Å²) in [7, 11) is 0. The molecule has 0 radical (unpaired) electrons. The van der Waals surface area contributed by atoms with E-state index in [-0.39, 0.29) is 17.9 Å². The number of nitrogens with zero attached hydrogens (tertiary/aromatic N) is 4. The Balaban J connectivity index is 2.12. The molecule has 2 aromatic rings. The third-order valence-corrected chi connectivity index (χ3v) is 3.37. The minimum atomic E-state index is 0.139. The number of aromatic nitrogens is 3. The third-order valence-electron chi connectivity index (χ3n) is 3.21. The molecule has 1 fully saturated rings. The van der Waals surface area contributed by atoms with Crippen molar-refractivity contribution in [3.8, 4) is 0 Å². The molecule has 17 heavy (non-hydrogen) atoms. The first kappa shape index (κ1) is 10.8.